The topological polar surface area (TPSA) is 136 Å². The summed E-state index contributed by atoms with van der Waals surface area (Å²) in [6.45, 7) is 1.73. The van der Waals surface area contributed by atoms with Gasteiger partial charge in [-0.15, -0.1) is 0 Å². The molecule has 5 rings (SSSR count). The monoisotopic (exact) mass is 628 g/mol. The molecule has 3 atom stereocenters. The number of imidazole rings is 1. The molecule has 2 aromatic carbocycles. The van der Waals surface area contributed by atoms with E-state index in [9.17, 15) is 22.4 Å². The van der Waals surface area contributed by atoms with Crippen LogP contribution in [0.2, 0.25) is 0 Å². The highest BCUT2D eigenvalue weighted by Crippen LogP contribution is 2.44. The van der Waals surface area contributed by atoms with Crippen LogP contribution in [0.4, 0.5) is 23.4 Å². The van der Waals surface area contributed by atoms with E-state index in [1.807, 2.05) is 50.2 Å². The van der Waals surface area contributed by atoms with Gasteiger partial charge in [-0.05, 0) is 36.8 Å². The van der Waals surface area contributed by atoms with Gasteiger partial charge >= 0.3 is 8.53 Å². The summed E-state index contributed by atoms with van der Waals surface area (Å²) in [7, 11) is -0.199. The molecule has 1 fully saturated rings. The van der Waals surface area contributed by atoms with Gasteiger partial charge in [0.1, 0.15) is 36.2 Å². The van der Waals surface area contributed by atoms with E-state index in [4.69, 9.17) is 24.3 Å². The number of fused-ring (bicyclic) bond motifs is 2. The van der Waals surface area contributed by atoms with E-state index in [0.29, 0.717) is 29.3 Å². The standard InChI is InChI=1S/C22H21F2N6O4P.C4H10O.CH2F2/c23-22(24)10-18(30-13-28-19-20(25)26-12-27-21(19)30)33-17(22)11-32-35(29-7-8-31)34-16-6-5-14-3-1-2-4-15(14)9-16;1-4(2)5-3;2-1-3/h1-6,8-9,12-13,17-18,29H,7,10-11H2,(H2,25,26,27);4H,1-3H3;1H2. The molecule has 1 aliphatic heterocycles. The first kappa shape index (κ1) is 34.0. The van der Waals surface area contributed by atoms with E-state index in [0.717, 1.165) is 10.8 Å². The van der Waals surface area contributed by atoms with Crippen molar-refractivity contribution in [3.63, 3.8) is 0 Å². The molecule has 1 saturated heterocycles. The van der Waals surface area contributed by atoms with Crippen molar-refractivity contribution in [2.24, 2.45) is 0 Å². The maximum absolute atomic E-state index is 14.8. The highest BCUT2D eigenvalue weighted by Gasteiger charge is 2.51. The summed E-state index contributed by atoms with van der Waals surface area (Å²) in [5.74, 6) is -2.56. The number of carbonyl (C=O) groups is 1. The van der Waals surface area contributed by atoms with Crippen LogP contribution in [0.15, 0.2) is 55.1 Å². The molecule has 3 unspecified atom stereocenters. The van der Waals surface area contributed by atoms with Crippen molar-refractivity contribution < 1.29 is 40.9 Å². The fraction of sp³-hybridized carbons (Fsp3) is 0.407. The van der Waals surface area contributed by atoms with E-state index in [1.54, 1.807) is 13.2 Å². The number of aromatic nitrogens is 4. The number of rotatable bonds is 10. The second kappa shape index (κ2) is 16.4. The SMILES string of the molecule is COC(C)C.FCF.Nc1ncnc2c1ncn2C1CC(F)(F)C(COP(NCC=O)Oc2ccc3ccccc3c2)O1. The summed E-state index contributed by atoms with van der Waals surface area (Å²) in [4.78, 5) is 22.9. The number of nitrogens with two attached hydrogens (primary N) is 1. The Labute approximate surface area is 246 Å². The zero-order chi connectivity index (χ0) is 31.4. The number of nitrogens with zero attached hydrogens (tertiary/aromatic N) is 4. The predicted molar refractivity (Wildman–Crippen MR) is 154 cm³/mol. The molecule has 16 heteroatoms. The smallest absolute Gasteiger partial charge is 0.318 e. The molecular formula is C27H33F4N6O5P. The minimum atomic E-state index is -3.19. The van der Waals surface area contributed by atoms with E-state index in [-0.39, 0.29) is 12.4 Å². The Morgan fingerprint density at radius 1 is 1.19 bits per heavy atom. The number of halogens is 4. The molecule has 234 valence electrons. The van der Waals surface area contributed by atoms with Gasteiger partial charge in [0, 0.05) is 7.11 Å². The van der Waals surface area contributed by atoms with Crippen molar-refractivity contribution in [2.75, 3.05) is 32.9 Å². The van der Waals surface area contributed by atoms with Gasteiger partial charge in [-0.25, -0.2) is 37.6 Å². The lowest BCUT2D eigenvalue weighted by atomic mass is 10.1. The van der Waals surface area contributed by atoms with Gasteiger partial charge < -0.3 is 29.0 Å². The predicted octanol–water partition coefficient (Wildman–Crippen LogP) is 5.52. The quantitative estimate of drug-likeness (QED) is 0.131. The van der Waals surface area contributed by atoms with E-state index >= 15 is 0 Å². The molecule has 3 heterocycles. The lowest BCUT2D eigenvalue weighted by Crippen LogP contribution is -2.33. The van der Waals surface area contributed by atoms with Crippen LogP contribution < -0.4 is 15.3 Å². The van der Waals surface area contributed by atoms with Crippen LogP contribution in [0.25, 0.3) is 21.9 Å². The van der Waals surface area contributed by atoms with Crippen LogP contribution in [0.3, 0.4) is 0 Å². The van der Waals surface area contributed by atoms with Crippen molar-refractivity contribution in [1.29, 1.82) is 0 Å². The molecular weight excluding hydrogens is 595 g/mol. The van der Waals surface area contributed by atoms with Crippen LogP contribution in [0.1, 0.15) is 26.5 Å². The number of nitrogens with one attached hydrogen (secondary N) is 1. The van der Waals surface area contributed by atoms with Crippen molar-refractivity contribution in [3.05, 3.63) is 55.1 Å². The Bertz CT molecular complexity index is 1450. The van der Waals surface area contributed by atoms with Crippen molar-refractivity contribution in [2.45, 2.75) is 44.6 Å². The maximum atomic E-state index is 14.8. The number of hydrogen-bond donors (Lipinski definition) is 2. The van der Waals surface area contributed by atoms with Crippen LogP contribution >= 0.6 is 8.53 Å². The number of nitrogen functional groups attached to an aromatic ring is 1. The Morgan fingerprint density at radius 2 is 1.88 bits per heavy atom. The highest BCUT2D eigenvalue weighted by molar-refractivity contribution is 7.45. The lowest BCUT2D eigenvalue weighted by Gasteiger charge is -2.22. The largest absolute Gasteiger partial charge is 0.436 e. The summed E-state index contributed by atoms with van der Waals surface area (Å²) in [6.07, 6.45) is 0.440. The molecule has 0 bridgehead atoms. The molecule has 2 aromatic heterocycles. The fourth-order valence-corrected chi connectivity index (χ4v) is 4.79. The number of aldehydes is 1. The summed E-state index contributed by atoms with van der Waals surface area (Å²) in [6, 6.07) is 13.1. The highest BCUT2D eigenvalue weighted by atomic mass is 31.2. The molecule has 4 aromatic rings. The average molecular weight is 629 g/mol. The maximum Gasteiger partial charge on any atom is 0.318 e. The molecule has 43 heavy (non-hydrogen) atoms. The van der Waals surface area contributed by atoms with E-state index < -0.39 is 46.7 Å². The van der Waals surface area contributed by atoms with Crippen LogP contribution in [-0.2, 0) is 18.8 Å². The summed E-state index contributed by atoms with van der Waals surface area (Å²) < 4.78 is 72.2. The summed E-state index contributed by atoms with van der Waals surface area (Å²) in [5.41, 5.74) is 6.39. The molecule has 0 amide bonds. The zero-order valence-electron chi connectivity index (χ0n) is 23.7. The van der Waals surface area contributed by atoms with Gasteiger partial charge in [0.2, 0.25) is 6.93 Å². The molecule has 0 spiro atoms. The second-order valence-corrected chi connectivity index (χ2v) is 10.5. The van der Waals surface area contributed by atoms with Crippen molar-refractivity contribution in [3.8, 4) is 5.75 Å². The van der Waals surface area contributed by atoms with E-state index in [2.05, 4.69) is 20.0 Å². The number of anilines is 1. The number of hydrogen-bond acceptors (Lipinski definition) is 10. The van der Waals surface area contributed by atoms with Gasteiger partial charge in [0.15, 0.2) is 11.5 Å². The number of carbonyl (C=O) groups excluding carboxylic acids is 1. The van der Waals surface area contributed by atoms with Crippen molar-refractivity contribution >= 4 is 42.6 Å². The van der Waals surface area contributed by atoms with Crippen molar-refractivity contribution in [1.82, 2.24) is 24.6 Å². The third kappa shape index (κ3) is 9.50. The van der Waals surface area contributed by atoms with Gasteiger partial charge in [-0.1, -0.05) is 30.3 Å². The van der Waals surface area contributed by atoms with E-state index in [1.165, 1.54) is 17.2 Å². The van der Waals surface area contributed by atoms with Crippen LogP contribution in [0, 0.1) is 0 Å². The number of benzene rings is 2. The third-order valence-corrected chi connectivity index (χ3v) is 7.17. The summed E-state index contributed by atoms with van der Waals surface area (Å²) >= 11 is 0. The normalized spacial score (nSPS) is 18.0. The minimum absolute atomic E-state index is 0.0635. The van der Waals surface area contributed by atoms with Gasteiger partial charge in [-0.2, -0.15) is 0 Å². The Morgan fingerprint density at radius 3 is 2.56 bits per heavy atom. The Balaban J connectivity index is 0.000000566. The van der Waals surface area contributed by atoms with Crippen LogP contribution in [0.5, 0.6) is 5.75 Å². The summed E-state index contributed by atoms with van der Waals surface area (Å²) in [5, 5.41) is 4.76. The average Bonchev–Trinajstić information content (AvgIpc) is 3.56. The number of methoxy groups -OCH3 is 1. The number of alkyl halides is 4. The van der Waals surface area contributed by atoms with Crippen LogP contribution in [-0.4, -0.2) is 71.1 Å². The first-order chi connectivity index (χ1) is 20.6. The zero-order valence-corrected chi connectivity index (χ0v) is 24.6. The first-order valence-electron chi connectivity index (χ1n) is 13.0. The van der Waals surface area contributed by atoms with Gasteiger partial charge in [-0.3, -0.25) is 4.57 Å². The molecule has 1 aliphatic rings. The molecule has 11 nitrogen and oxygen atoms in total. The Kier molecular flexibility index (Phi) is 13.0. The third-order valence-electron chi connectivity index (χ3n) is 5.96. The lowest BCUT2D eigenvalue weighted by molar-refractivity contribution is -0.107. The number of ether oxygens (including phenoxy) is 2. The second-order valence-electron chi connectivity index (χ2n) is 9.19. The molecule has 0 aliphatic carbocycles. The molecule has 0 saturated carbocycles. The van der Waals surface area contributed by atoms with Gasteiger partial charge in [0.25, 0.3) is 5.92 Å². The fourth-order valence-electron chi connectivity index (χ4n) is 3.78. The van der Waals surface area contributed by atoms with Gasteiger partial charge in [0.05, 0.1) is 32.0 Å². The molecule has 0 radical (unpaired) electrons. The molecule has 3 N–H and O–H groups in total. The minimum Gasteiger partial charge on any atom is -0.436 e. The first-order valence-corrected chi connectivity index (χ1v) is 14.2. The Hall–Kier alpha value is -3.49.